The number of hydrogen-bond donors (Lipinski definition) is 3. The molecule has 6 nitrogen and oxygen atoms in total. The van der Waals surface area contributed by atoms with Gasteiger partial charge in [-0.15, -0.1) is 0 Å². The van der Waals surface area contributed by atoms with Crippen LogP contribution in [0.1, 0.15) is 38.7 Å². The lowest BCUT2D eigenvalue weighted by molar-refractivity contribution is 0.147. The molecule has 1 aromatic rings. The molecule has 18 heavy (non-hydrogen) atoms. The highest BCUT2D eigenvalue weighted by Crippen LogP contribution is 2.27. The molecule has 4 N–H and O–H groups in total. The van der Waals surface area contributed by atoms with Crippen molar-refractivity contribution in [2.45, 2.75) is 33.1 Å². The van der Waals surface area contributed by atoms with E-state index in [-0.39, 0.29) is 0 Å². The Morgan fingerprint density at radius 2 is 2.06 bits per heavy atom. The second-order valence-electron chi connectivity index (χ2n) is 4.26. The van der Waals surface area contributed by atoms with Gasteiger partial charge in [0.1, 0.15) is 18.0 Å². The van der Waals surface area contributed by atoms with Crippen molar-refractivity contribution >= 4 is 11.6 Å². The Kier molecular flexibility index (Phi) is 6.38. The molecule has 0 unspecified atom stereocenters. The van der Waals surface area contributed by atoms with E-state index < -0.39 is 0 Å². The molecular weight excluding hydrogens is 230 g/mol. The van der Waals surface area contributed by atoms with Crippen molar-refractivity contribution in [3.63, 3.8) is 0 Å². The summed E-state index contributed by atoms with van der Waals surface area (Å²) in [7, 11) is 0. The number of rotatable bonds is 8. The summed E-state index contributed by atoms with van der Waals surface area (Å²) in [6, 6.07) is 0. The quantitative estimate of drug-likeness (QED) is 0.371. The molecule has 0 aliphatic rings. The predicted octanol–water partition coefficient (Wildman–Crippen LogP) is 1.72. The van der Waals surface area contributed by atoms with Crippen molar-refractivity contribution in [3.05, 3.63) is 11.9 Å². The Balaban J connectivity index is 2.64. The first-order valence-electron chi connectivity index (χ1n) is 6.33. The SMILES string of the molecule is CCOCCCNc1ncnc(NN)c1C(C)C. The first-order chi connectivity index (χ1) is 8.70. The van der Waals surface area contributed by atoms with Crippen LogP contribution in [0.3, 0.4) is 0 Å². The minimum Gasteiger partial charge on any atom is -0.382 e. The monoisotopic (exact) mass is 253 g/mol. The van der Waals surface area contributed by atoms with Gasteiger partial charge in [0.05, 0.1) is 0 Å². The van der Waals surface area contributed by atoms with Crippen LogP contribution in [-0.4, -0.2) is 29.7 Å². The molecule has 0 aliphatic carbocycles. The lowest BCUT2D eigenvalue weighted by atomic mass is 10.0. The van der Waals surface area contributed by atoms with E-state index in [4.69, 9.17) is 10.6 Å². The Bertz CT molecular complexity index is 356. The van der Waals surface area contributed by atoms with Crippen molar-refractivity contribution in [1.82, 2.24) is 9.97 Å². The van der Waals surface area contributed by atoms with Crippen LogP contribution in [0.4, 0.5) is 11.6 Å². The minimum absolute atomic E-state index is 0.298. The smallest absolute Gasteiger partial charge is 0.148 e. The standard InChI is InChI=1S/C12H23N5O/c1-4-18-7-5-6-14-11-10(9(2)3)12(17-13)16-8-15-11/h8-9H,4-7,13H2,1-3H3,(H2,14,15,16,17). The lowest BCUT2D eigenvalue weighted by Gasteiger charge is -2.16. The second kappa shape index (κ2) is 7.84. The molecule has 1 aromatic heterocycles. The van der Waals surface area contributed by atoms with E-state index in [1.165, 1.54) is 6.33 Å². The molecule has 1 heterocycles. The van der Waals surface area contributed by atoms with Crippen molar-refractivity contribution in [1.29, 1.82) is 0 Å². The molecule has 0 bridgehead atoms. The highest BCUT2D eigenvalue weighted by Gasteiger charge is 2.13. The molecule has 0 atom stereocenters. The molecule has 0 fully saturated rings. The molecule has 0 spiro atoms. The van der Waals surface area contributed by atoms with Gasteiger partial charge in [-0.2, -0.15) is 0 Å². The van der Waals surface area contributed by atoms with Gasteiger partial charge in [-0.1, -0.05) is 13.8 Å². The summed E-state index contributed by atoms with van der Waals surface area (Å²) in [5, 5.41) is 3.30. The minimum atomic E-state index is 0.298. The molecule has 0 aromatic carbocycles. The number of anilines is 2. The third-order valence-corrected chi connectivity index (χ3v) is 2.56. The number of nitrogen functional groups attached to an aromatic ring is 1. The third kappa shape index (κ3) is 4.12. The Labute approximate surface area is 108 Å². The van der Waals surface area contributed by atoms with E-state index in [2.05, 4.69) is 34.6 Å². The maximum atomic E-state index is 5.46. The van der Waals surface area contributed by atoms with Crippen molar-refractivity contribution in [3.8, 4) is 0 Å². The van der Waals surface area contributed by atoms with Crippen LogP contribution in [0.15, 0.2) is 6.33 Å². The number of ether oxygens (including phenoxy) is 1. The summed E-state index contributed by atoms with van der Waals surface area (Å²) < 4.78 is 5.29. The zero-order valence-corrected chi connectivity index (χ0v) is 11.4. The Morgan fingerprint density at radius 1 is 1.33 bits per heavy atom. The fourth-order valence-corrected chi connectivity index (χ4v) is 1.72. The lowest BCUT2D eigenvalue weighted by Crippen LogP contribution is -2.16. The first-order valence-corrected chi connectivity index (χ1v) is 6.33. The molecular formula is C12H23N5O. The van der Waals surface area contributed by atoms with E-state index in [1.54, 1.807) is 0 Å². The van der Waals surface area contributed by atoms with E-state index >= 15 is 0 Å². The van der Waals surface area contributed by atoms with Gasteiger partial charge in [0.2, 0.25) is 0 Å². The summed E-state index contributed by atoms with van der Waals surface area (Å²) in [6.45, 7) is 8.50. The van der Waals surface area contributed by atoms with Crippen molar-refractivity contribution < 1.29 is 4.74 Å². The maximum Gasteiger partial charge on any atom is 0.148 e. The molecule has 1 rings (SSSR count). The van der Waals surface area contributed by atoms with Crippen LogP contribution in [0.2, 0.25) is 0 Å². The normalized spacial score (nSPS) is 10.7. The summed E-state index contributed by atoms with van der Waals surface area (Å²) >= 11 is 0. The van der Waals surface area contributed by atoms with Crippen LogP contribution < -0.4 is 16.6 Å². The van der Waals surface area contributed by atoms with Crippen molar-refractivity contribution in [2.24, 2.45) is 5.84 Å². The van der Waals surface area contributed by atoms with Gasteiger partial charge in [0.25, 0.3) is 0 Å². The van der Waals surface area contributed by atoms with Crippen LogP contribution in [0.25, 0.3) is 0 Å². The molecule has 102 valence electrons. The molecule has 0 radical (unpaired) electrons. The first kappa shape index (κ1) is 14.7. The second-order valence-corrected chi connectivity index (χ2v) is 4.26. The zero-order valence-electron chi connectivity index (χ0n) is 11.4. The fraction of sp³-hybridized carbons (Fsp3) is 0.667. The van der Waals surface area contributed by atoms with Gasteiger partial charge in [-0.25, -0.2) is 15.8 Å². The highest BCUT2D eigenvalue weighted by atomic mass is 16.5. The maximum absolute atomic E-state index is 5.46. The van der Waals surface area contributed by atoms with E-state index in [0.29, 0.717) is 11.7 Å². The highest BCUT2D eigenvalue weighted by molar-refractivity contribution is 5.58. The average Bonchev–Trinajstić information content (AvgIpc) is 2.37. The largest absolute Gasteiger partial charge is 0.382 e. The summed E-state index contributed by atoms with van der Waals surface area (Å²) in [5.41, 5.74) is 3.62. The van der Waals surface area contributed by atoms with Gasteiger partial charge < -0.3 is 15.5 Å². The molecule has 0 saturated carbocycles. The number of hydrogen-bond acceptors (Lipinski definition) is 6. The number of aromatic nitrogens is 2. The van der Waals surface area contributed by atoms with Crippen molar-refractivity contribution in [2.75, 3.05) is 30.5 Å². The molecule has 0 aliphatic heterocycles. The Morgan fingerprint density at radius 3 is 2.67 bits per heavy atom. The van der Waals surface area contributed by atoms with E-state index in [0.717, 1.165) is 37.6 Å². The Hall–Kier alpha value is -1.40. The summed E-state index contributed by atoms with van der Waals surface area (Å²) in [5.74, 6) is 7.27. The van der Waals surface area contributed by atoms with Gasteiger partial charge in [0, 0.05) is 25.3 Å². The molecule has 0 saturated heterocycles. The van der Waals surface area contributed by atoms with Crippen LogP contribution >= 0.6 is 0 Å². The predicted molar refractivity (Wildman–Crippen MR) is 73.5 cm³/mol. The van der Waals surface area contributed by atoms with E-state index in [1.807, 2.05) is 6.92 Å². The van der Waals surface area contributed by atoms with Crippen LogP contribution in [-0.2, 0) is 4.74 Å². The van der Waals surface area contributed by atoms with Gasteiger partial charge in [-0.05, 0) is 19.3 Å². The average molecular weight is 253 g/mol. The van der Waals surface area contributed by atoms with E-state index in [9.17, 15) is 0 Å². The number of nitrogens with two attached hydrogens (primary N) is 1. The fourth-order valence-electron chi connectivity index (χ4n) is 1.72. The van der Waals surface area contributed by atoms with Crippen LogP contribution in [0.5, 0.6) is 0 Å². The molecule has 6 heteroatoms. The molecule has 0 amide bonds. The zero-order chi connectivity index (χ0) is 13.4. The number of hydrazine groups is 1. The topological polar surface area (TPSA) is 85.1 Å². The number of nitrogens with one attached hydrogen (secondary N) is 2. The summed E-state index contributed by atoms with van der Waals surface area (Å²) in [6.07, 6.45) is 2.45. The third-order valence-electron chi connectivity index (χ3n) is 2.56. The number of nitrogens with zero attached hydrogens (tertiary/aromatic N) is 2. The van der Waals surface area contributed by atoms with Crippen LogP contribution in [0, 0.1) is 0 Å². The summed E-state index contributed by atoms with van der Waals surface area (Å²) in [4.78, 5) is 8.39. The van der Waals surface area contributed by atoms with Gasteiger partial charge in [-0.3, -0.25) is 0 Å². The van der Waals surface area contributed by atoms with Gasteiger partial charge in [0.15, 0.2) is 0 Å². The van der Waals surface area contributed by atoms with Gasteiger partial charge >= 0.3 is 0 Å².